The number of nitrogens with one attached hydrogen (secondary N) is 1. The third kappa shape index (κ3) is 8.81. The van der Waals surface area contributed by atoms with Crippen LogP contribution < -0.4 is 9.46 Å². The lowest BCUT2D eigenvalue weighted by atomic mass is 9.97. The molecular formula is C33H40N2O8S. The number of carbonyl (C=O) groups is 2. The molecule has 0 aromatic heterocycles. The van der Waals surface area contributed by atoms with E-state index >= 15 is 0 Å². The minimum Gasteiger partial charge on any atom is -0.490 e. The summed E-state index contributed by atoms with van der Waals surface area (Å²) in [6, 6.07) is 20.9. The van der Waals surface area contributed by atoms with Crippen molar-refractivity contribution in [3.05, 3.63) is 89.5 Å². The number of nitrogens with zero attached hydrogens (tertiary/aromatic N) is 1. The van der Waals surface area contributed by atoms with E-state index in [-0.39, 0.29) is 18.2 Å². The van der Waals surface area contributed by atoms with Crippen molar-refractivity contribution in [1.29, 1.82) is 0 Å². The van der Waals surface area contributed by atoms with E-state index in [0.29, 0.717) is 17.7 Å². The summed E-state index contributed by atoms with van der Waals surface area (Å²) in [5, 5.41) is 29.6. The van der Waals surface area contributed by atoms with Crippen LogP contribution in [0.2, 0.25) is 0 Å². The van der Waals surface area contributed by atoms with Crippen molar-refractivity contribution in [3.8, 4) is 16.9 Å². The van der Waals surface area contributed by atoms with Crippen LogP contribution in [-0.2, 0) is 16.4 Å². The second kappa shape index (κ2) is 15.2. The Morgan fingerprint density at radius 1 is 0.977 bits per heavy atom. The van der Waals surface area contributed by atoms with E-state index in [2.05, 4.69) is 0 Å². The first-order valence-electron chi connectivity index (χ1n) is 14.9. The first-order chi connectivity index (χ1) is 21.1. The van der Waals surface area contributed by atoms with Crippen molar-refractivity contribution < 1.29 is 38.1 Å². The molecule has 11 heteroatoms. The van der Waals surface area contributed by atoms with Gasteiger partial charge >= 0.3 is 6.09 Å². The molecule has 10 nitrogen and oxygen atoms in total. The van der Waals surface area contributed by atoms with Gasteiger partial charge in [-0.3, -0.25) is 4.79 Å². The third-order valence-electron chi connectivity index (χ3n) is 7.94. The summed E-state index contributed by atoms with van der Waals surface area (Å²) in [4.78, 5) is 26.2. The number of ether oxygens (including phenoxy) is 1. The standard InChI is InChI=1S/C33H40N2O8S/c1-23(31(37)26-8-4-2-5-9-26)35(33(39)40)19-18-24-12-14-25(15-13-24)27-16-17-29(32(38)34-44(41,42)21-20-36)30(22-27)43-28-10-6-3-7-11-28/h2,4-5,8-9,12-17,22-23,28,31,36-37H,3,6-7,10-11,18-21H2,1H3,(H,34,38)(H,39,40)/t23-,31-/m0/s1. The van der Waals surface area contributed by atoms with Gasteiger partial charge in [-0.15, -0.1) is 0 Å². The fraction of sp³-hybridized carbons (Fsp3) is 0.394. The van der Waals surface area contributed by atoms with Gasteiger partial charge in [-0.2, -0.15) is 0 Å². The average molecular weight is 625 g/mol. The summed E-state index contributed by atoms with van der Waals surface area (Å²) in [5.41, 5.74) is 3.26. The Hall–Kier alpha value is -3.93. The number of aliphatic hydroxyl groups excluding tert-OH is 2. The molecule has 4 rings (SSSR count). The van der Waals surface area contributed by atoms with Crippen molar-refractivity contribution >= 4 is 22.0 Å². The van der Waals surface area contributed by atoms with Gasteiger partial charge < -0.3 is 25.0 Å². The highest BCUT2D eigenvalue weighted by Crippen LogP contribution is 2.31. The van der Waals surface area contributed by atoms with Crippen molar-refractivity contribution in [2.45, 2.75) is 63.7 Å². The zero-order valence-corrected chi connectivity index (χ0v) is 25.6. The molecule has 3 aromatic rings. The first kappa shape index (κ1) is 33.0. The second-order valence-corrected chi connectivity index (χ2v) is 12.9. The lowest BCUT2D eigenvalue weighted by Crippen LogP contribution is -2.42. The summed E-state index contributed by atoms with van der Waals surface area (Å²) >= 11 is 0. The maximum absolute atomic E-state index is 12.9. The average Bonchev–Trinajstić information content (AvgIpc) is 3.01. The van der Waals surface area contributed by atoms with Gasteiger partial charge in [0.2, 0.25) is 10.0 Å². The van der Waals surface area contributed by atoms with E-state index in [1.54, 1.807) is 43.3 Å². The zero-order chi connectivity index (χ0) is 31.7. The SMILES string of the molecule is C[C@@H]([C@H](O)c1ccccc1)N(CCc1ccc(-c2ccc(C(=O)NS(=O)(=O)CCO)c(OC3CCCCC3)c2)cc1)C(=O)O. The summed E-state index contributed by atoms with van der Waals surface area (Å²) in [5.74, 6) is -1.11. The quantitative estimate of drug-likeness (QED) is 0.212. The van der Waals surface area contributed by atoms with Crippen LogP contribution in [0.25, 0.3) is 11.1 Å². The molecule has 1 aliphatic carbocycles. The van der Waals surface area contributed by atoms with Gasteiger partial charge in [0, 0.05) is 6.54 Å². The predicted octanol–water partition coefficient (Wildman–Crippen LogP) is 4.76. The highest BCUT2D eigenvalue weighted by Gasteiger charge is 2.27. The molecular weight excluding hydrogens is 584 g/mol. The van der Waals surface area contributed by atoms with Crippen LogP contribution in [0, 0.1) is 0 Å². The maximum atomic E-state index is 12.9. The number of hydrogen-bond acceptors (Lipinski definition) is 7. The fourth-order valence-corrected chi connectivity index (χ4v) is 6.14. The summed E-state index contributed by atoms with van der Waals surface area (Å²) in [7, 11) is -4.00. The van der Waals surface area contributed by atoms with Crippen molar-refractivity contribution in [2.75, 3.05) is 18.9 Å². The first-order valence-corrected chi connectivity index (χ1v) is 16.5. The molecule has 1 fully saturated rings. The molecule has 4 N–H and O–H groups in total. The Bertz CT molecular complexity index is 1510. The Labute approximate surface area is 258 Å². The molecule has 3 aromatic carbocycles. The monoisotopic (exact) mass is 624 g/mol. The highest BCUT2D eigenvalue weighted by molar-refractivity contribution is 7.90. The van der Waals surface area contributed by atoms with Crippen molar-refractivity contribution in [3.63, 3.8) is 0 Å². The van der Waals surface area contributed by atoms with Crippen LogP contribution in [0.4, 0.5) is 4.79 Å². The molecule has 1 saturated carbocycles. The molecule has 0 radical (unpaired) electrons. The van der Waals surface area contributed by atoms with Gasteiger partial charge in [0.05, 0.1) is 36.2 Å². The van der Waals surface area contributed by atoms with E-state index in [9.17, 15) is 28.2 Å². The molecule has 0 bridgehead atoms. The Balaban J connectivity index is 1.50. The summed E-state index contributed by atoms with van der Waals surface area (Å²) in [6.45, 7) is 1.28. The van der Waals surface area contributed by atoms with E-state index < -0.39 is 46.5 Å². The number of carboxylic acid groups (broad SMARTS) is 1. The van der Waals surface area contributed by atoms with Gasteiger partial charge in [0.1, 0.15) is 5.75 Å². The van der Waals surface area contributed by atoms with E-state index in [1.807, 2.05) is 35.1 Å². The van der Waals surface area contributed by atoms with E-state index in [0.717, 1.165) is 48.8 Å². The number of sulfonamides is 1. The molecule has 2 atom stereocenters. The third-order valence-corrected chi connectivity index (χ3v) is 9.16. The zero-order valence-electron chi connectivity index (χ0n) is 24.8. The molecule has 236 valence electrons. The molecule has 0 aliphatic heterocycles. The fourth-order valence-electron chi connectivity index (χ4n) is 5.40. The van der Waals surface area contributed by atoms with Crippen LogP contribution in [0.15, 0.2) is 72.8 Å². The lowest BCUT2D eigenvalue weighted by molar-refractivity contribution is 0.0559. The molecule has 44 heavy (non-hydrogen) atoms. The minimum atomic E-state index is -4.00. The van der Waals surface area contributed by atoms with Gasteiger partial charge in [0.15, 0.2) is 0 Å². The van der Waals surface area contributed by atoms with Crippen molar-refractivity contribution in [1.82, 2.24) is 9.62 Å². The molecule has 0 saturated heterocycles. The van der Waals surface area contributed by atoms with E-state index in [1.165, 1.54) is 11.0 Å². The van der Waals surface area contributed by atoms with Gasteiger partial charge in [-0.1, -0.05) is 67.1 Å². The number of benzene rings is 3. The largest absolute Gasteiger partial charge is 0.490 e. The number of aliphatic hydroxyl groups is 2. The number of amides is 2. The molecule has 1 aliphatic rings. The molecule has 2 amide bonds. The van der Waals surface area contributed by atoms with Crippen LogP contribution in [0.3, 0.4) is 0 Å². The molecule has 0 heterocycles. The molecule has 0 spiro atoms. The normalized spacial score (nSPS) is 15.2. The Kier molecular flexibility index (Phi) is 11.4. The maximum Gasteiger partial charge on any atom is 0.407 e. The lowest BCUT2D eigenvalue weighted by Gasteiger charge is -2.30. The highest BCUT2D eigenvalue weighted by atomic mass is 32.2. The van der Waals surface area contributed by atoms with Gasteiger partial charge in [-0.05, 0) is 73.4 Å². The number of rotatable bonds is 13. The summed E-state index contributed by atoms with van der Waals surface area (Å²) < 4.78 is 32.5. The summed E-state index contributed by atoms with van der Waals surface area (Å²) in [6.07, 6.45) is 3.13. The minimum absolute atomic E-state index is 0.0815. The van der Waals surface area contributed by atoms with Gasteiger partial charge in [-0.25, -0.2) is 17.9 Å². The Morgan fingerprint density at radius 3 is 2.27 bits per heavy atom. The van der Waals surface area contributed by atoms with Crippen molar-refractivity contribution in [2.24, 2.45) is 0 Å². The van der Waals surface area contributed by atoms with Crippen LogP contribution in [0.5, 0.6) is 5.75 Å². The number of hydrogen-bond donors (Lipinski definition) is 4. The number of carbonyl (C=O) groups excluding carboxylic acids is 1. The van der Waals surface area contributed by atoms with Crippen LogP contribution in [0.1, 0.15) is 66.6 Å². The van der Waals surface area contributed by atoms with E-state index in [4.69, 9.17) is 9.84 Å². The Morgan fingerprint density at radius 2 is 1.64 bits per heavy atom. The van der Waals surface area contributed by atoms with Gasteiger partial charge in [0.25, 0.3) is 5.91 Å². The topological polar surface area (TPSA) is 153 Å². The van der Waals surface area contributed by atoms with Crippen LogP contribution in [-0.4, -0.2) is 71.7 Å². The van der Waals surface area contributed by atoms with Crippen LogP contribution >= 0.6 is 0 Å². The second-order valence-electron chi connectivity index (χ2n) is 11.1. The molecule has 0 unspecified atom stereocenters. The smallest absolute Gasteiger partial charge is 0.407 e. The predicted molar refractivity (Wildman–Crippen MR) is 167 cm³/mol.